The number of ether oxygens (including phenoxy) is 1. The van der Waals surface area contributed by atoms with Gasteiger partial charge in [0.05, 0.1) is 30.2 Å². The molecule has 0 aliphatic carbocycles. The molecule has 12 heteroatoms. The highest BCUT2D eigenvalue weighted by Gasteiger charge is 2.32. The summed E-state index contributed by atoms with van der Waals surface area (Å²) in [4.78, 5) is 24.8. The molecule has 0 bridgehead atoms. The summed E-state index contributed by atoms with van der Waals surface area (Å²) >= 11 is 0. The third kappa shape index (κ3) is 5.98. The van der Waals surface area contributed by atoms with Gasteiger partial charge in [0.25, 0.3) is 0 Å². The Kier molecular flexibility index (Phi) is 7.26. The number of rotatable bonds is 6. The van der Waals surface area contributed by atoms with Crippen LogP contribution < -0.4 is 10.6 Å². The van der Waals surface area contributed by atoms with Crippen molar-refractivity contribution in [1.82, 2.24) is 40.2 Å². The van der Waals surface area contributed by atoms with Gasteiger partial charge in [-0.1, -0.05) is 32.9 Å². The first-order valence-corrected chi connectivity index (χ1v) is 13.9. The molecule has 6 rings (SSSR count). The molecule has 12 nitrogen and oxygen atoms in total. The lowest BCUT2D eigenvalue weighted by Gasteiger charge is -2.29. The lowest BCUT2D eigenvalue weighted by Crippen LogP contribution is -2.42. The number of fused-ring (bicyclic) bond motifs is 1. The number of aromatic nitrogens is 6. The maximum absolute atomic E-state index is 13.3. The molecule has 5 heterocycles. The molecule has 41 heavy (non-hydrogen) atoms. The maximum atomic E-state index is 13.3. The van der Waals surface area contributed by atoms with Gasteiger partial charge in [-0.2, -0.15) is 5.10 Å². The summed E-state index contributed by atoms with van der Waals surface area (Å²) in [6.45, 7) is 8.90. The molecule has 1 unspecified atom stereocenters. The Bertz CT molecular complexity index is 1530. The van der Waals surface area contributed by atoms with Gasteiger partial charge < -0.3 is 19.8 Å². The zero-order valence-electron chi connectivity index (χ0n) is 23.8. The maximum Gasteiger partial charge on any atom is 0.309 e. The molecule has 3 aromatic heterocycles. The van der Waals surface area contributed by atoms with E-state index in [4.69, 9.17) is 14.1 Å². The van der Waals surface area contributed by atoms with Crippen LogP contribution in [-0.2, 0) is 23.6 Å². The first-order chi connectivity index (χ1) is 19.7. The van der Waals surface area contributed by atoms with Crippen LogP contribution in [0.25, 0.3) is 11.3 Å². The summed E-state index contributed by atoms with van der Waals surface area (Å²) < 4.78 is 13.1. The number of carbonyl (C=O) groups excluding carboxylic acids is 1. The van der Waals surface area contributed by atoms with Crippen LogP contribution in [0.1, 0.15) is 60.9 Å². The Morgan fingerprint density at radius 1 is 1.17 bits per heavy atom. The fraction of sp³-hybridized carbons (Fsp3) is 0.448. The number of benzene rings is 1. The fourth-order valence-corrected chi connectivity index (χ4v) is 5.31. The lowest BCUT2D eigenvalue weighted by molar-refractivity contribution is 0.0873. The summed E-state index contributed by atoms with van der Waals surface area (Å²) in [5, 5.41) is 18.7. The van der Waals surface area contributed by atoms with E-state index in [2.05, 4.69) is 47.9 Å². The van der Waals surface area contributed by atoms with E-state index in [0.29, 0.717) is 31.0 Å². The van der Waals surface area contributed by atoms with Gasteiger partial charge in [0.15, 0.2) is 0 Å². The molecule has 1 fully saturated rings. The quantitative estimate of drug-likeness (QED) is 0.363. The Morgan fingerprint density at radius 3 is 2.78 bits per heavy atom. The van der Waals surface area contributed by atoms with Gasteiger partial charge in [0.2, 0.25) is 11.8 Å². The largest absolute Gasteiger partial charge is 0.416 e. The zero-order chi connectivity index (χ0) is 28.6. The highest BCUT2D eigenvalue weighted by Crippen LogP contribution is 2.31. The molecule has 0 radical (unpaired) electrons. The van der Waals surface area contributed by atoms with E-state index < -0.39 is 0 Å². The van der Waals surface area contributed by atoms with Crippen LogP contribution in [0.5, 0.6) is 0 Å². The Hall–Kier alpha value is -4.16. The first kappa shape index (κ1) is 27.0. The minimum absolute atomic E-state index is 0.0253. The average Bonchev–Trinajstić information content (AvgIpc) is 3.71. The van der Waals surface area contributed by atoms with Gasteiger partial charge in [-0.25, -0.2) is 9.97 Å². The number of amides is 1. The van der Waals surface area contributed by atoms with Gasteiger partial charge in [-0.05, 0) is 36.1 Å². The van der Waals surface area contributed by atoms with E-state index in [-0.39, 0.29) is 23.3 Å². The van der Waals surface area contributed by atoms with Gasteiger partial charge in [-0.15, -0.1) is 10.2 Å². The summed E-state index contributed by atoms with van der Waals surface area (Å²) in [6, 6.07) is 8.28. The van der Waals surface area contributed by atoms with E-state index in [1.807, 2.05) is 46.1 Å². The van der Waals surface area contributed by atoms with Crippen molar-refractivity contribution in [3.05, 3.63) is 65.8 Å². The van der Waals surface area contributed by atoms with E-state index in [9.17, 15) is 4.79 Å². The molecule has 1 aromatic carbocycles. The van der Waals surface area contributed by atoms with Gasteiger partial charge >= 0.3 is 11.8 Å². The molecular formula is C29H35N9O3. The van der Waals surface area contributed by atoms with Crippen molar-refractivity contribution in [3.8, 4) is 11.3 Å². The molecule has 1 saturated heterocycles. The Labute approximate surface area is 238 Å². The van der Waals surface area contributed by atoms with Crippen molar-refractivity contribution < 1.29 is 13.9 Å². The number of nitrogens with one attached hydrogen (secondary N) is 2. The number of aryl methyl sites for hydroxylation is 1. The van der Waals surface area contributed by atoms with Crippen molar-refractivity contribution in [1.29, 1.82) is 0 Å². The highest BCUT2D eigenvalue weighted by molar-refractivity contribution is 5.89. The van der Waals surface area contributed by atoms with Gasteiger partial charge in [0.1, 0.15) is 0 Å². The predicted molar refractivity (Wildman–Crippen MR) is 152 cm³/mol. The van der Waals surface area contributed by atoms with Crippen molar-refractivity contribution in [2.24, 2.45) is 7.05 Å². The first-order valence-electron chi connectivity index (χ1n) is 13.9. The summed E-state index contributed by atoms with van der Waals surface area (Å²) in [5.74, 6) is 0.528. The van der Waals surface area contributed by atoms with Crippen LogP contribution in [-0.4, -0.2) is 73.1 Å². The zero-order valence-corrected chi connectivity index (χ0v) is 23.8. The highest BCUT2D eigenvalue weighted by atomic mass is 16.5. The molecule has 0 spiro atoms. The number of hydrogen-bond acceptors (Lipinski definition) is 10. The molecule has 0 saturated carbocycles. The van der Waals surface area contributed by atoms with Crippen molar-refractivity contribution in [2.45, 2.75) is 51.1 Å². The monoisotopic (exact) mass is 557 g/mol. The smallest absolute Gasteiger partial charge is 0.309 e. The topological polar surface area (TPSA) is 136 Å². The van der Waals surface area contributed by atoms with Crippen molar-refractivity contribution >= 4 is 17.5 Å². The second-order valence-electron chi connectivity index (χ2n) is 11.7. The van der Waals surface area contributed by atoms with Crippen LogP contribution in [0.15, 0.2) is 47.3 Å². The molecule has 2 atom stereocenters. The number of nitrogens with zero attached hydrogens (tertiary/aromatic N) is 7. The minimum Gasteiger partial charge on any atom is -0.416 e. The Morgan fingerprint density at radius 2 is 2.05 bits per heavy atom. The SMILES string of the molecule is Cn1cc(Nc2nccc(-c3ccc4c(c3)CCN(C3CCOC3)C[C@H]4NC(=O)c3nnc(C(C)(C)C)o3)n2)cn1. The normalized spacial score (nSPS) is 19.5. The summed E-state index contributed by atoms with van der Waals surface area (Å²) in [5.41, 5.74) is 4.50. The molecule has 2 aliphatic heterocycles. The molecule has 4 aromatic rings. The third-order valence-corrected chi connectivity index (χ3v) is 7.50. The molecule has 1 amide bonds. The Balaban J connectivity index is 1.28. The van der Waals surface area contributed by atoms with Crippen molar-refractivity contribution in [3.63, 3.8) is 0 Å². The molecular weight excluding hydrogens is 522 g/mol. The number of anilines is 2. The van der Waals surface area contributed by atoms with Crippen LogP contribution in [0.2, 0.25) is 0 Å². The van der Waals surface area contributed by atoms with Crippen LogP contribution in [0.4, 0.5) is 11.6 Å². The fourth-order valence-electron chi connectivity index (χ4n) is 5.31. The molecule has 214 valence electrons. The van der Waals surface area contributed by atoms with Gasteiger partial charge in [-0.3, -0.25) is 14.4 Å². The van der Waals surface area contributed by atoms with Crippen LogP contribution in [0, 0.1) is 0 Å². The average molecular weight is 558 g/mol. The van der Waals surface area contributed by atoms with Gasteiger partial charge in [0, 0.05) is 56.2 Å². The second kappa shape index (κ2) is 11.0. The van der Waals surface area contributed by atoms with E-state index in [0.717, 1.165) is 54.1 Å². The van der Waals surface area contributed by atoms with Crippen LogP contribution >= 0.6 is 0 Å². The second-order valence-corrected chi connectivity index (χ2v) is 11.7. The number of hydrogen-bond donors (Lipinski definition) is 2. The summed E-state index contributed by atoms with van der Waals surface area (Å²) in [6.07, 6.45) is 7.16. The lowest BCUT2D eigenvalue weighted by atomic mass is 9.96. The third-order valence-electron chi connectivity index (χ3n) is 7.50. The van der Waals surface area contributed by atoms with E-state index in [1.54, 1.807) is 17.1 Å². The molecule has 2 aliphatic rings. The summed E-state index contributed by atoms with van der Waals surface area (Å²) in [7, 11) is 1.86. The van der Waals surface area contributed by atoms with Crippen molar-refractivity contribution in [2.75, 3.05) is 31.6 Å². The standard InChI is InChI=1S/C29H35N9O3/c1-29(2,3)27-36-35-26(41-27)25(39)33-24-16-38(21-9-12-40-17-21)11-8-18-13-19(5-6-22(18)24)23-7-10-30-28(34-23)32-20-14-31-37(4)15-20/h5-7,10,13-15,21,24H,8-9,11-12,16-17H2,1-4H3,(H,33,39)(H,30,32,34)/t21?,24-/m1/s1. The van der Waals surface area contributed by atoms with E-state index >= 15 is 0 Å². The van der Waals surface area contributed by atoms with Crippen LogP contribution in [0.3, 0.4) is 0 Å². The minimum atomic E-state index is -0.375. The molecule has 2 N–H and O–H groups in total. The van der Waals surface area contributed by atoms with E-state index in [1.165, 1.54) is 0 Å². The predicted octanol–water partition coefficient (Wildman–Crippen LogP) is 3.42. The number of carbonyl (C=O) groups is 1.